The number of thioether (sulfide) groups is 1. The average molecular weight is 526 g/mol. The Morgan fingerprint density at radius 2 is 1.89 bits per heavy atom. The normalized spacial score (nSPS) is 11.4. The minimum Gasteiger partial charge on any atom is -0.444 e. The lowest BCUT2D eigenvalue weighted by Crippen LogP contribution is -2.36. The Kier molecular flexibility index (Phi) is 7.56. The van der Waals surface area contributed by atoms with Crippen molar-refractivity contribution in [2.24, 2.45) is 0 Å². The fraction of sp³-hybridized carbons (Fsp3) is 0.231. The summed E-state index contributed by atoms with van der Waals surface area (Å²) in [5.74, 6) is -0.844. The molecule has 0 saturated carbocycles. The highest BCUT2D eigenvalue weighted by atomic mass is 32.2. The van der Waals surface area contributed by atoms with E-state index in [2.05, 4.69) is 10.3 Å². The number of carbonyl (C=O) groups is 2. The lowest BCUT2D eigenvalue weighted by Gasteiger charge is -2.19. The predicted molar refractivity (Wildman–Crippen MR) is 141 cm³/mol. The molecular weight excluding hydrogens is 501 g/mol. The molecule has 0 unspecified atom stereocenters. The molecule has 2 heterocycles. The lowest BCUT2D eigenvalue weighted by molar-refractivity contribution is -0.115. The van der Waals surface area contributed by atoms with Gasteiger partial charge < -0.3 is 10.1 Å². The van der Waals surface area contributed by atoms with Crippen LogP contribution >= 0.6 is 23.1 Å². The summed E-state index contributed by atoms with van der Waals surface area (Å²) in [6, 6.07) is 15.2. The van der Waals surface area contributed by atoms with Gasteiger partial charge in [-0.15, -0.1) is 11.3 Å². The fourth-order valence-electron chi connectivity index (χ4n) is 3.42. The molecule has 4 rings (SSSR count). The molecule has 0 saturated heterocycles. The van der Waals surface area contributed by atoms with Gasteiger partial charge in [-0.2, -0.15) is 0 Å². The van der Waals surface area contributed by atoms with E-state index in [0.717, 1.165) is 22.9 Å². The van der Waals surface area contributed by atoms with Gasteiger partial charge in [0.05, 0.1) is 23.4 Å². The number of ketones is 1. The molecule has 10 heteroatoms. The summed E-state index contributed by atoms with van der Waals surface area (Å²) in [6.45, 7) is 4.95. The molecule has 186 valence electrons. The first-order valence-electron chi connectivity index (χ1n) is 11.1. The quantitative estimate of drug-likeness (QED) is 0.255. The summed E-state index contributed by atoms with van der Waals surface area (Å²) in [6.07, 6.45) is -0.691. The van der Waals surface area contributed by atoms with Crippen LogP contribution in [0.15, 0.2) is 69.9 Å². The Labute approximate surface area is 215 Å². The minimum atomic E-state index is -0.691. The number of hydrogen-bond acceptors (Lipinski definition) is 7. The van der Waals surface area contributed by atoms with Crippen molar-refractivity contribution in [2.75, 3.05) is 12.3 Å². The molecule has 2 aromatic carbocycles. The van der Waals surface area contributed by atoms with Crippen LogP contribution in [-0.4, -0.2) is 39.3 Å². The number of benzene rings is 2. The van der Waals surface area contributed by atoms with Crippen LogP contribution in [0.2, 0.25) is 0 Å². The molecule has 0 spiro atoms. The highest BCUT2D eigenvalue weighted by Gasteiger charge is 2.20. The van der Waals surface area contributed by atoms with Gasteiger partial charge in [0, 0.05) is 10.9 Å². The van der Waals surface area contributed by atoms with Crippen LogP contribution in [0.4, 0.5) is 9.18 Å². The topological polar surface area (TPSA) is 90.3 Å². The fourth-order valence-corrected chi connectivity index (χ4v) is 5.28. The lowest BCUT2D eigenvalue weighted by atomic mass is 10.1. The number of aromatic nitrogens is 2. The zero-order valence-corrected chi connectivity index (χ0v) is 21.5. The van der Waals surface area contributed by atoms with Crippen LogP contribution in [0.5, 0.6) is 0 Å². The van der Waals surface area contributed by atoms with Crippen molar-refractivity contribution in [3.8, 4) is 16.8 Å². The van der Waals surface area contributed by atoms with Crippen molar-refractivity contribution in [3.63, 3.8) is 0 Å². The molecule has 0 radical (unpaired) electrons. The van der Waals surface area contributed by atoms with E-state index in [4.69, 9.17) is 4.74 Å². The van der Waals surface area contributed by atoms with Crippen LogP contribution < -0.4 is 10.9 Å². The van der Waals surface area contributed by atoms with Gasteiger partial charge in [-0.25, -0.2) is 14.2 Å². The molecule has 0 bridgehead atoms. The van der Waals surface area contributed by atoms with Crippen molar-refractivity contribution < 1.29 is 18.7 Å². The van der Waals surface area contributed by atoms with Gasteiger partial charge in [0.15, 0.2) is 10.9 Å². The molecule has 0 aliphatic rings. The van der Waals surface area contributed by atoms with E-state index in [1.54, 1.807) is 26.8 Å². The largest absolute Gasteiger partial charge is 0.444 e. The Bertz CT molecular complexity index is 1480. The molecular formula is C26H24FN3O4S2. The van der Waals surface area contributed by atoms with Gasteiger partial charge in [0.25, 0.3) is 5.56 Å². The maximum absolute atomic E-state index is 14.1. The van der Waals surface area contributed by atoms with E-state index in [9.17, 15) is 18.8 Å². The zero-order chi connectivity index (χ0) is 25.9. The van der Waals surface area contributed by atoms with Gasteiger partial charge in [0.1, 0.15) is 16.2 Å². The Hall–Kier alpha value is -3.50. The second-order valence-corrected chi connectivity index (χ2v) is 10.7. The number of thiophene rings is 1. The Morgan fingerprint density at radius 1 is 1.14 bits per heavy atom. The molecule has 0 aliphatic carbocycles. The predicted octanol–water partition coefficient (Wildman–Crippen LogP) is 5.44. The minimum absolute atomic E-state index is 0.0556. The van der Waals surface area contributed by atoms with E-state index in [1.165, 1.54) is 34.1 Å². The number of nitrogens with one attached hydrogen (secondary N) is 1. The first-order chi connectivity index (χ1) is 17.1. The zero-order valence-electron chi connectivity index (χ0n) is 19.9. The van der Waals surface area contributed by atoms with Crippen LogP contribution in [0, 0.1) is 5.82 Å². The molecule has 1 N–H and O–H groups in total. The van der Waals surface area contributed by atoms with Crippen molar-refractivity contribution in [2.45, 2.75) is 31.5 Å². The molecule has 36 heavy (non-hydrogen) atoms. The van der Waals surface area contributed by atoms with Crippen LogP contribution in [-0.2, 0) is 9.53 Å². The maximum atomic E-state index is 14.1. The van der Waals surface area contributed by atoms with Gasteiger partial charge in [-0.05, 0) is 44.5 Å². The summed E-state index contributed by atoms with van der Waals surface area (Å²) in [5.41, 5.74) is 0.889. The number of fused-ring (bicyclic) bond motifs is 1. The Balaban J connectivity index is 1.66. The average Bonchev–Trinajstić information content (AvgIpc) is 3.25. The third-order valence-corrected chi connectivity index (χ3v) is 6.79. The van der Waals surface area contributed by atoms with Crippen LogP contribution in [0.1, 0.15) is 20.8 Å². The summed E-state index contributed by atoms with van der Waals surface area (Å²) >= 11 is 2.38. The van der Waals surface area contributed by atoms with Crippen LogP contribution in [0.25, 0.3) is 27.0 Å². The SMILES string of the molecule is CC(C)(C)OC(=O)NCC(=O)CSc1nc2scc(-c3ccccc3)c2c(=O)n1-c1cccc(F)c1. The van der Waals surface area contributed by atoms with Crippen LogP contribution in [0.3, 0.4) is 0 Å². The van der Waals surface area contributed by atoms with Crippen molar-refractivity contribution in [1.29, 1.82) is 0 Å². The van der Waals surface area contributed by atoms with Crippen molar-refractivity contribution in [1.82, 2.24) is 14.9 Å². The highest BCUT2D eigenvalue weighted by Crippen LogP contribution is 2.33. The number of alkyl carbamates (subject to hydrolysis) is 1. The summed E-state index contributed by atoms with van der Waals surface area (Å²) in [7, 11) is 0. The second-order valence-electron chi connectivity index (χ2n) is 8.89. The number of Topliss-reactive ketones (excluding diaryl/α,β-unsaturated/α-hetero) is 1. The first kappa shape index (κ1) is 25.6. The van der Waals surface area contributed by atoms with E-state index >= 15 is 0 Å². The number of hydrogen-bond donors (Lipinski definition) is 1. The standard InChI is InChI=1S/C26H24FN3O4S2/c1-26(2,3)34-25(33)28-13-19(31)14-36-24-29-22-21(20(15-35-22)16-8-5-4-6-9-16)23(32)30(24)18-11-7-10-17(27)12-18/h4-12,15H,13-14H2,1-3H3,(H,28,33). The summed E-state index contributed by atoms with van der Waals surface area (Å²) in [5, 5.41) is 4.98. The third-order valence-electron chi connectivity index (χ3n) is 4.92. The first-order valence-corrected chi connectivity index (χ1v) is 13.0. The third kappa shape index (κ3) is 6.00. The summed E-state index contributed by atoms with van der Waals surface area (Å²) in [4.78, 5) is 43.2. The highest BCUT2D eigenvalue weighted by molar-refractivity contribution is 7.99. The van der Waals surface area contributed by atoms with Gasteiger partial charge in [-0.3, -0.25) is 14.2 Å². The number of nitrogens with zero attached hydrogens (tertiary/aromatic N) is 2. The second kappa shape index (κ2) is 10.6. The van der Waals surface area contributed by atoms with E-state index < -0.39 is 17.5 Å². The molecule has 0 aliphatic heterocycles. The molecule has 0 atom stereocenters. The Morgan fingerprint density at radius 3 is 2.58 bits per heavy atom. The van der Waals surface area contributed by atoms with Gasteiger partial charge >= 0.3 is 6.09 Å². The number of rotatable bonds is 7. The number of carbonyl (C=O) groups excluding carboxylic acids is 2. The van der Waals surface area contributed by atoms with E-state index in [0.29, 0.717) is 15.9 Å². The van der Waals surface area contributed by atoms with Crippen molar-refractivity contribution in [3.05, 3.63) is 76.1 Å². The maximum Gasteiger partial charge on any atom is 0.408 e. The number of amides is 1. The molecule has 1 amide bonds. The monoisotopic (exact) mass is 525 g/mol. The smallest absolute Gasteiger partial charge is 0.408 e. The molecule has 0 fully saturated rings. The van der Waals surface area contributed by atoms with E-state index in [-0.39, 0.29) is 28.8 Å². The molecule has 4 aromatic rings. The van der Waals surface area contributed by atoms with Crippen molar-refractivity contribution >= 4 is 45.2 Å². The van der Waals surface area contributed by atoms with Gasteiger partial charge in [0.2, 0.25) is 0 Å². The van der Waals surface area contributed by atoms with Gasteiger partial charge in [-0.1, -0.05) is 48.2 Å². The number of halogens is 1. The summed E-state index contributed by atoms with van der Waals surface area (Å²) < 4.78 is 20.5. The molecule has 7 nitrogen and oxygen atoms in total. The van der Waals surface area contributed by atoms with E-state index in [1.807, 2.05) is 35.7 Å². The molecule has 2 aromatic heterocycles. The number of ether oxygens (including phenoxy) is 1.